The summed E-state index contributed by atoms with van der Waals surface area (Å²) in [5.74, 6) is -0.0989. The van der Waals surface area contributed by atoms with Crippen LogP contribution in [0.3, 0.4) is 0 Å². The fourth-order valence-electron chi connectivity index (χ4n) is 1.52. The summed E-state index contributed by atoms with van der Waals surface area (Å²) < 4.78 is 6.36. The van der Waals surface area contributed by atoms with Crippen LogP contribution in [0.25, 0.3) is 0 Å². The van der Waals surface area contributed by atoms with Gasteiger partial charge in [0.15, 0.2) is 0 Å². The van der Waals surface area contributed by atoms with Crippen molar-refractivity contribution in [1.29, 1.82) is 0 Å². The highest BCUT2D eigenvalue weighted by molar-refractivity contribution is 9.10. The zero-order chi connectivity index (χ0) is 12.7. The minimum Gasteiger partial charge on any atom is -0.359 e. The van der Waals surface area contributed by atoms with E-state index in [9.17, 15) is 4.79 Å². The molecule has 0 aromatic heterocycles. The number of nitrogens with one attached hydrogen (secondary N) is 1. The van der Waals surface area contributed by atoms with E-state index in [4.69, 9.17) is 4.74 Å². The van der Waals surface area contributed by atoms with Gasteiger partial charge in [0.05, 0.1) is 0 Å². The van der Waals surface area contributed by atoms with Crippen molar-refractivity contribution < 1.29 is 9.53 Å². The third-order valence-corrected chi connectivity index (χ3v) is 2.79. The minimum absolute atomic E-state index is 0.0989. The van der Waals surface area contributed by atoms with Crippen LogP contribution < -0.4 is 5.32 Å². The summed E-state index contributed by atoms with van der Waals surface area (Å²) in [6, 6.07) is 7.32. The third kappa shape index (κ3) is 4.88. The molecule has 1 amide bonds. The molecule has 0 aliphatic heterocycles. The normalized spacial score (nSPS) is 12.2. The van der Waals surface area contributed by atoms with E-state index < -0.39 is 0 Å². The Morgan fingerprint density at radius 2 is 2.24 bits per heavy atom. The first-order valence-corrected chi connectivity index (χ1v) is 6.64. The lowest BCUT2D eigenvalue weighted by molar-refractivity contribution is 0.0295. The summed E-state index contributed by atoms with van der Waals surface area (Å²) in [6.45, 7) is 4.59. The van der Waals surface area contributed by atoms with E-state index in [1.807, 2.05) is 19.1 Å². The van der Waals surface area contributed by atoms with Gasteiger partial charge in [-0.3, -0.25) is 4.79 Å². The summed E-state index contributed by atoms with van der Waals surface area (Å²) in [7, 11) is 0. The maximum atomic E-state index is 11.9. The van der Waals surface area contributed by atoms with Crippen LogP contribution in [0.1, 0.15) is 37.0 Å². The molecule has 1 aromatic rings. The molecule has 1 atom stereocenters. The van der Waals surface area contributed by atoms with Crippen molar-refractivity contribution in [2.75, 3.05) is 6.61 Å². The Bertz CT molecular complexity index is 362. The number of carbonyl (C=O) groups excluding carboxylic acids is 1. The number of amides is 1. The summed E-state index contributed by atoms with van der Waals surface area (Å²) in [4.78, 5) is 11.9. The number of rotatable bonds is 6. The number of ether oxygens (including phenoxy) is 1. The smallest absolute Gasteiger partial charge is 0.253 e. The maximum Gasteiger partial charge on any atom is 0.253 e. The topological polar surface area (TPSA) is 38.3 Å². The standard InChI is InChI=1S/C13H18BrNO2/c1-3-6-12(17-4-2)15-13(16)10-7-5-8-11(14)9-10/h5,7-9,12H,3-4,6H2,1-2H3,(H,15,16). The molecule has 1 unspecified atom stereocenters. The van der Waals surface area contributed by atoms with E-state index in [2.05, 4.69) is 28.2 Å². The second kappa shape index (κ2) is 7.45. The van der Waals surface area contributed by atoms with Crippen molar-refractivity contribution in [2.24, 2.45) is 0 Å². The van der Waals surface area contributed by atoms with Gasteiger partial charge in [-0.1, -0.05) is 35.3 Å². The van der Waals surface area contributed by atoms with Gasteiger partial charge in [0, 0.05) is 16.6 Å². The highest BCUT2D eigenvalue weighted by Crippen LogP contribution is 2.12. The van der Waals surface area contributed by atoms with Crippen LogP contribution in [0, 0.1) is 0 Å². The van der Waals surface area contributed by atoms with Gasteiger partial charge < -0.3 is 10.1 Å². The number of halogens is 1. The minimum atomic E-state index is -0.198. The van der Waals surface area contributed by atoms with Crippen molar-refractivity contribution in [3.63, 3.8) is 0 Å². The fourth-order valence-corrected chi connectivity index (χ4v) is 1.92. The van der Waals surface area contributed by atoms with Gasteiger partial charge in [0.25, 0.3) is 5.91 Å². The number of carbonyl (C=O) groups is 1. The van der Waals surface area contributed by atoms with Crippen LogP contribution in [0.15, 0.2) is 28.7 Å². The van der Waals surface area contributed by atoms with E-state index in [1.165, 1.54) is 0 Å². The van der Waals surface area contributed by atoms with Gasteiger partial charge >= 0.3 is 0 Å². The molecule has 0 saturated heterocycles. The Labute approximate surface area is 111 Å². The lowest BCUT2D eigenvalue weighted by Gasteiger charge is -2.17. The number of hydrogen-bond acceptors (Lipinski definition) is 2. The van der Waals surface area contributed by atoms with Crippen molar-refractivity contribution in [1.82, 2.24) is 5.32 Å². The molecule has 0 aliphatic rings. The average Bonchev–Trinajstić information content (AvgIpc) is 2.29. The van der Waals surface area contributed by atoms with E-state index in [0.717, 1.165) is 17.3 Å². The van der Waals surface area contributed by atoms with Crippen LogP contribution in [0.5, 0.6) is 0 Å². The van der Waals surface area contributed by atoms with Gasteiger partial charge in [-0.2, -0.15) is 0 Å². The fraction of sp³-hybridized carbons (Fsp3) is 0.462. The first kappa shape index (κ1) is 14.2. The maximum absolute atomic E-state index is 11.9. The second-order valence-corrected chi connectivity index (χ2v) is 4.63. The van der Waals surface area contributed by atoms with Gasteiger partial charge in [0.2, 0.25) is 0 Å². The molecule has 0 fully saturated rings. The zero-order valence-corrected chi connectivity index (χ0v) is 11.8. The van der Waals surface area contributed by atoms with Crippen molar-refractivity contribution in [2.45, 2.75) is 32.9 Å². The summed E-state index contributed by atoms with van der Waals surface area (Å²) in [5.41, 5.74) is 0.639. The average molecular weight is 300 g/mol. The van der Waals surface area contributed by atoms with Crippen LogP contribution in [0.2, 0.25) is 0 Å². The van der Waals surface area contributed by atoms with Gasteiger partial charge in [-0.25, -0.2) is 0 Å². The quantitative estimate of drug-likeness (QED) is 0.818. The molecular weight excluding hydrogens is 282 g/mol. The first-order chi connectivity index (χ1) is 8.17. The molecule has 4 heteroatoms. The predicted octanol–water partition coefficient (Wildman–Crippen LogP) is 3.34. The molecule has 0 radical (unpaired) electrons. The molecule has 1 rings (SSSR count). The summed E-state index contributed by atoms with van der Waals surface area (Å²) in [6.07, 6.45) is 1.60. The Morgan fingerprint density at radius 1 is 1.47 bits per heavy atom. The Balaban J connectivity index is 2.63. The molecule has 0 saturated carbocycles. The first-order valence-electron chi connectivity index (χ1n) is 5.85. The van der Waals surface area contributed by atoms with Crippen LogP contribution in [0.4, 0.5) is 0 Å². The van der Waals surface area contributed by atoms with Crippen molar-refractivity contribution in [3.8, 4) is 0 Å². The monoisotopic (exact) mass is 299 g/mol. The SMILES string of the molecule is CCCC(NC(=O)c1cccc(Br)c1)OCC. The van der Waals surface area contributed by atoms with Crippen LogP contribution in [-0.2, 0) is 4.74 Å². The molecule has 3 nitrogen and oxygen atoms in total. The van der Waals surface area contributed by atoms with E-state index in [1.54, 1.807) is 12.1 Å². The molecule has 17 heavy (non-hydrogen) atoms. The van der Waals surface area contributed by atoms with E-state index in [-0.39, 0.29) is 12.1 Å². The van der Waals surface area contributed by atoms with Crippen LogP contribution >= 0.6 is 15.9 Å². The van der Waals surface area contributed by atoms with Crippen LogP contribution in [-0.4, -0.2) is 18.7 Å². The van der Waals surface area contributed by atoms with Gasteiger partial charge in [-0.15, -0.1) is 0 Å². The molecular formula is C13H18BrNO2. The van der Waals surface area contributed by atoms with Gasteiger partial charge in [0.1, 0.15) is 6.23 Å². The highest BCUT2D eigenvalue weighted by Gasteiger charge is 2.12. The molecule has 0 heterocycles. The van der Waals surface area contributed by atoms with E-state index in [0.29, 0.717) is 12.2 Å². The van der Waals surface area contributed by atoms with Crippen molar-refractivity contribution >= 4 is 21.8 Å². The van der Waals surface area contributed by atoms with E-state index >= 15 is 0 Å². The Morgan fingerprint density at radius 3 is 2.82 bits per heavy atom. The molecule has 0 spiro atoms. The summed E-state index contributed by atoms with van der Waals surface area (Å²) in [5, 5.41) is 2.88. The second-order valence-electron chi connectivity index (χ2n) is 3.72. The molecule has 1 N–H and O–H groups in total. The van der Waals surface area contributed by atoms with Gasteiger partial charge in [-0.05, 0) is 31.5 Å². The largest absolute Gasteiger partial charge is 0.359 e. The molecule has 0 bridgehead atoms. The van der Waals surface area contributed by atoms with Crippen molar-refractivity contribution in [3.05, 3.63) is 34.3 Å². The summed E-state index contributed by atoms with van der Waals surface area (Å²) >= 11 is 3.35. The Kier molecular flexibility index (Phi) is 6.22. The lowest BCUT2D eigenvalue weighted by atomic mass is 10.2. The highest BCUT2D eigenvalue weighted by atomic mass is 79.9. The number of benzene rings is 1. The molecule has 0 aliphatic carbocycles. The zero-order valence-electron chi connectivity index (χ0n) is 10.2. The third-order valence-electron chi connectivity index (χ3n) is 2.30. The lowest BCUT2D eigenvalue weighted by Crippen LogP contribution is -2.36. The Hall–Kier alpha value is -0.870. The molecule has 1 aromatic carbocycles. The predicted molar refractivity (Wildman–Crippen MR) is 71.9 cm³/mol. The number of hydrogen-bond donors (Lipinski definition) is 1. The molecule has 94 valence electrons.